The average Bonchev–Trinajstić information content (AvgIpc) is 2.39. The van der Waals surface area contributed by atoms with Crippen LogP contribution in [0.5, 0.6) is 0 Å². The molecule has 2 rings (SSSR count). The van der Waals surface area contributed by atoms with Gasteiger partial charge < -0.3 is 16.5 Å². The van der Waals surface area contributed by atoms with Crippen LogP contribution in [0.15, 0.2) is 29.1 Å². The van der Waals surface area contributed by atoms with Gasteiger partial charge in [-0.25, -0.2) is 0 Å². The second-order valence-electron chi connectivity index (χ2n) is 3.84. The minimum atomic E-state index is -0.620. The molecular formula is C13H9N5O. The maximum absolute atomic E-state index is 11.7. The molecule has 19 heavy (non-hydrogen) atoms. The monoisotopic (exact) mass is 251 g/mol. The smallest absolute Gasteiger partial charge is 0.268 e. The zero-order valence-electron chi connectivity index (χ0n) is 9.77. The molecular weight excluding hydrogens is 242 g/mol. The molecule has 0 fully saturated rings. The van der Waals surface area contributed by atoms with E-state index in [1.165, 1.54) is 0 Å². The summed E-state index contributed by atoms with van der Waals surface area (Å²) in [5.41, 5.74) is 11.8. The number of benzene rings is 1. The van der Waals surface area contributed by atoms with Crippen LogP contribution >= 0.6 is 0 Å². The normalized spacial score (nSPS) is 9.58. The fourth-order valence-electron chi connectivity index (χ4n) is 1.78. The summed E-state index contributed by atoms with van der Waals surface area (Å²) in [7, 11) is 0. The van der Waals surface area contributed by atoms with Gasteiger partial charge in [-0.3, -0.25) is 4.79 Å². The first-order chi connectivity index (χ1) is 9.08. The van der Waals surface area contributed by atoms with Crippen LogP contribution in [-0.2, 0) is 0 Å². The molecule has 0 saturated heterocycles. The number of nitrogen functional groups attached to an aromatic ring is 2. The lowest BCUT2D eigenvalue weighted by atomic mass is 9.96. The number of anilines is 2. The van der Waals surface area contributed by atoms with Crippen molar-refractivity contribution in [2.45, 2.75) is 0 Å². The second-order valence-corrected chi connectivity index (χ2v) is 3.84. The van der Waals surface area contributed by atoms with Gasteiger partial charge in [0.05, 0.1) is 0 Å². The number of aromatic amines is 1. The number of hydrogen-bond acceptors (Lipinski definition) is 5. The van der Waals surface area contributed by atoms with E-state index in [2.05, 4.69) is 4.98 Å². The quantitative estimate of drug-likeness (QED) is 0.649. The molecule has 1 aromatic heterocycles. The number of hydrogen-bond donors (Lipinski definition) is 3. The molecule has 0 radical (unpaired) electrons. The molecule has 0 spiro atoms. The molecule has 2 aromatic rings. The SMILES string of the molecule is N#Cc1c(N)[nH]c(=O)c(C#N)c1-c1ccc(N)cc1. The molecule has 0 saturated carbocycles. The Morgan fingerprint density at radius 2 is 1.58 bits per heavy atom. The highest BCUT2D eigenvalue weighted by Crippen LogP contribution is 2.28. The van der Waals surface area contributed by atoms with E-state index in [9.17, 15) is 4.79 Å². The van der Waals surface area contributed by atoms with Gasteiger partial charge in [0, 0.05) is 11.3 Å². The fraction of sp³-hybridized carbons (Fsp3) is 0. The Kier molecular flexibility index (Phi) is 2.93. The predicted molar refractivity (Wildman–Crippen MR) is 70.8 cm³/mol. The third kappa shape index (κ3) is 1.99. The van der Waals surface area contributed by atoms with Crippen LogP contribution in [0.25, 0.3) is 11.1 Å². The summed E-state index contributed by atoms with van der Waals surface area (Å²) in [6.45, 7) is 0. The molecule has 0 aliphatic rings. The minimum Gasteiger partial charge on any atom is -0.399 e. The van der Waals surface area contributed by atoms with E-state index in [0.717, 1.165) is 0 Å². The first-order valence-corrected chi connectivity index (χ1v) is 5.30. The van der Waals surface area contributed by atoms with E-state index in [1.54, 1.807) is 30.3 Å². The Morgan fingerprint density at radius 1 is 1.00 bits per heavy atom. The molecule has 6 heteroatoms. The van der Waals surface area contributed by atoms with Crippen LogP contribution < -0.4 is 17.0 Å². The first kappa shape index (κ1) is 12.2. The van der Waals surface area contributed by atoms with E-state index in [1.807, 2.05) is 6.07 Å². The predicted octanol–water partition coefficient (Wildman–Crippen LogP) is 0.950. The summed E-state index contributed by atoms with van der Waals surface area (Å²) >= 11 is 0. The van der Waals surface area contributed by atoms with Crippen molar-refractivity contribution in [3.8, 4) is 23.3 Å². The van der Waals surface area contributed by atoms with E-state index in [0.29, 0.717) is 11.3 Å². The molecule has 1 aromatic carbocycles. The van der Waals surface area contributed by atoms with Crippen molar-refractivity contribution in [2.24, 2.45) is 0 Å². The number of nitrogens with zero attached hydrogens (tertiary/aromatic N) is 2. The van der Waals surface area contributed by atoms with Gasteiger partial charge in [-0.1, -0.05) is 12.1 Å². The van der Waals surface area contributed by atoms with E-state index in [-0.39, 0.29) is 22.5 Å². The number of nitrogens with one attached hydrogen (secondary N) is 1. The summed E-state index contributed by atoms with van der Waals surface area (Å²) < 4.78 is 0. The maximum atomic E-state index is 11.7. The molecule has 5 N–H and O–H groups in total. The summed E-state index contributed by atoms with van der Waals surface area (Å²) in [4.78, 5) is 14.0. The Bertz CT molecular complexity index is 775. The highest BCUT2D eigenvalue weighted by Gasteiger charge is 2.17. The zero-order chi connectivity index (χ0) is 14.0. The van der Waals surface area contributed by atoms with Crippen molar-refractivity contribution in [2.75, 3.05) is 11.5 Å². The summed E-state index contributed by atoms with van der Waals surface area (Å²) in [5.74, 6) is -0.0571. The Labute approximate surface area is 108 Å². The van der Waals surface area contributed by atoms with Crippen LogP contribution in [0.4, 0.5) is 11.5 Å². The lowest BCUT2D eigenvalue weighted by Gasteiger charge is -2.08. The highest BCUT2D eigenvalue weighted by atomic mass is 16.1. The van der Waals surface area contributed by atoms with E-state index >= 15 is 0 Å². The summed E-state index contributed by atoms with van der Waals surface area (Å²) in [6.07, 6.45) is 0. The Balaban J connectivity index is 2.89. The lowest BCUT2D eigenvalue weighted by Crippen LogP contribution is -2.16. The van der Waals surface area contributed by atoms with Crippen molar-refractivity contribution < 1.29 is 0 Å². The third-order valence-electron chi connectivity index (χ3n) is 2.67. The van der Waals surface area contributed by atoms with Gasteiger partial charge in [-0.05, 0) is 17.7 Å². The molecule has 92 valence electrons. The van der Waals surface area contributed by atoms with Crippen LogP contribution in [0, 0.1) is 22.7 Å². The van der Waals surface area contributed by atoms with Gasteiger partial charge in [-0.15, -0.1) is 0 Å². The fourth-order valence-corrected chi connectivity index (χ4v) is 1.78. The molecule has 0 bridgehead atoms. The number of nitrogens with two attached hydrogens (primary N) is 2. The van der Waals surface area contributed by atoms with Gasteiger partial charge in [0.1, 0.15) is 29.1 Å². The molecule has 6 nitrogen and oxygen atoms in total. The molecule has 1 heterocycles. The van der Waals surface area contributed by atoms with Crippen molar-refractivity contribution in [3.63, 3.8) is 0 Å². The molecule has 0 atom stereocenters. The number of H-pyrrole nitrogens is 1. The van der Waals surface area contributed by atoms with E-state index in [4.69, 9.17) is 22.0 Å². The maximum Gasteiger partial charge on any atom is 0.268 e. The highest BCUT2D eigenvalue weighted by molar-refractivity contribution is 5.80. The zero-order valence-corrected chi connectivity index (χ0v) is 9.77. The first-order valence-electron chi connectivity index (χ1n) is 5.30. The number of nitriles is 2. The number of aromatic nitrogens is 1. The van der Waals surface area contributed by atoms with Gasteiger partial charge in [-0.2, -0.15) is 10.5 Å². The Hall–Kier alpha value is -3.25. The van der Waals surface area contributed by atoms with Crippen molar-refractivity contribution >= 4 is 11.5 Å². The minimum absolute atomic E-state index is 0.0571. The van der Waals surface area contributed by atoms with Crippen molar-refractivity contribution in [3.05, 3.63) is 45.7 Å². The Morgan fingerprint density at radius 3 is 2.11 bits per heavy atom. The van der Waals surface area contributed by atoms with Crippen molar-refractivity contribution in [1.29, 1.82) is 10.5 Å². The summed E-state index contributed by atoms with van der Waals surface area (Å²) in [6, 6.07) is 10.2. The molecule has 0 aliphatic carbocycles. The van der Waals surface area contributed by atoms with Gasteiger partial charge in [0.2, 0.25) is 0 Å². The largest absolute Gasteiger partial charge is 0.399 e. The van der Waals surface area contributed by atoms with Crippen molar-refractivity contribution in [1.82, 2.24) is 4.98 Å². The standard InChI is InChI=1S/C13H9N5O/c14-5-9-11(7-1-3-8(16)4-2-7)10(6-15)13(19)18-12(9)17/h1-4H,16H2,(H3,17,18,19). The lowest BCUT2D eigenvalue weighted by molar-refractivity contribution is 1.21. The van der Waals surface area contributed by atoms with Gasteiger partial charge >= 0.3 is 0 Å². The average molecular weight is 251 g/mol. The van der Waals surface area contributed by atoms with Crippen LogP contribution in [0.3, 0.4) is 0 Å². The molecule has 0 aliphatic heterocycles. The van der Waals surface area contributed by atoms with Crippen LogP contribution in [0.1, 0.15) is 11.1 Å². The number of pyridine rings is 1. The van der Waals surface area contributed by atoms with Gasteiger partial charge in [0.25, 0.3) is 5.56 Å². The molecule has 0 amide bonds. The summed E-state index contributed by atoms with van der Waals surface area (Å²) in [5, 5.41) is 18.2. The third-order valence-corrected chi connectivity index (χ3v) is 2.67. The van der Waals surface area contributed by atoms with E-state index < -0.39 is 5.56 Å². The molecule has 0 unspecified atom stereocenters. The van der Waals surface area contributed by atoms with Crippen LogP contribution in [0.2, 0.25) is 0 Å². The second kappa shape index (κ2) is 4.55. The number of rotatable bonds is 1. The van der Waals surface area contributed by atoms with Gasteiger partial charge in [0.15, 0.2) is 0 Å². The topological polar surface area (TPSA) is 132 Å². The van der Waals surface area contributed by atoms with Crippen LogP contribution in [-0.4, -0.2) is 4.98 Å².